The largest absolute Gasteiger partial charge is 0.481 e. The van der Waals surface area contributed by atoms with Crippen LogP contribution in [0.25, 0.3) is 0 Å². The van der Waals surface area contributed by atoms with Gasteiger partial charge in [0.15, 0.2) is 0 Å². The topological polar surface area (TPSA) is 87.7 Å². The minimum atomic E-state index is -1.25. The summed E-state index contributed by atoms with van der Waals surface area (Å²) in [5, 5.41) is 13.8. The van der Waals surface area contributed by atoms with Crippen molar-refractivity contribution in [1.29, 1.82) is 0 Å². The van der Waals surface area contributed by atoms with Gasteiger partial charge in [-0.3, -0.25) is 4.79 Å². The third kappa shape index (κ3) is 3.10. The van der Waals surface area contributed by atoms with Crippen LogP contribution in [0.3, 0.4) is 0 Å². The fraction of sp³-hybridized carbons (Fsp3) is 0.385. The van der Waals surface area contributed by atoms with E-state index in [-0.39, 0.29) is 18.9 Å². The molecule has 8 heteroatoms. The molecular weight excluding hydrogens is 286 g/mol. The molecule has 0 aliphatic carbocycles. The molecule has 6 nitrogen and oxygen atoms in total. The number of carboxylic acids is 1. The van der Waals surface area contributed by atoms with Crippen LogP contribution in [0.1, 0.15) is 6.92 Å². The van der Waals surface area contributed by atoms with Crippen LogP contribution in [0.2, 0.25) is 0 Å². The highest BCUT2D eigenvalue weighted by Crippen LogP contribution is 2.28. The molecular formula is C13H14F2N2O4. The number of rotatable bonds is 3. The Labute approximate surface area is 119 Å². The summed E-state index contributed by atoms with van der Waals surface area (Å²) >= 11 is 0. The molecule has 21 heavy (non-hydrogen) atoms. The Morgan fingerprint density at radius 3 is 2.76 bits per heavy atom. The molecule has 3 N–H and O–H groups in total. The van der Waals surface area contributed by atoms with Gasteiger partial charge in [-0.25, -0.2) is 13.6 Å². The molecule has 1 fully saturated rings. The molecule has 114 valence electrons. The van der Waals surface area contributed by atoms with E-state index < -0.39 is 35.1 Å². The number of benzene rings is 1. The van der Waals surface area contributed by atoms with Crippen molar-refractivity contribution in [3.8, 4) is 0 Å². The summed E-state index contributed by atoms with van der Waals surface area (Å²) < 4.78 is 31.2. The lowest BCUT2D eigenvalue weighted by Gasteiger charge is -2.25. The zero-order chi connectivity index (χ0) is 15.6. The first-order chi connectivity index (χ1) is 9.83. The summed E-state index contributed by atoms with van der Waals surface area (Å²) in [5.74, 6) is -2.78. The summed E-state index contributed by atoms with van der Waals surface area (Å²) in [4.78, 5) is 23.0. The summed E-state index contributed by atoms with van der Waals surface area (Å²) in [6.45, 7) is 1.46. The van der Waals surface area contributed by atoms with Crippen molar-refractivity contribution in [1.82, 2.24) is 5.32 Å². The van der Waals surface area contributed by atoms with E-state index in [2.05, 4.69) is 10.6 Å². The fourth-order valence-corrected chi connectivity index (χ4v) is 1.99. The van der Waals surface area contributed by atoms with Gasteiger partial charge in [0.2, 0.25) is 0 Å². The average molecular weight is 300 g/mol. The van der Waals surface area contributed by atoms with E-state index in [1.165, 1.54) is 6.92 Å². The lowest BCUT2D eigenvalue weighted by Crippen LogP contribution is -2.50. The number of carbonyl (C=O) groups excluding carboxylic acids is 1. The third-order valence-electron chi connectivity index (χ3n) is 3.43. The number of aliphatic carboxylic acids is 1. The van der Waals surface area contributed by atoms with E-state index in [4.69, 9.17) is 9.84 Å². The van der Waals surface area contributed by atoms with Gasteiger partial charge in [-0.2, -0.15) is 0 Å². The summed E-state index contributed by atoms with van der Waals surface area (Å²) in [5.41, 5.74) is -1.46. The molecule has 0 bridgehead atoms. The molecule has 0 saturated carbocycles. The van der Waals surface area contributed by atoms with Gasteiger partial charge < -0.3 is 20.5 Å². The van der Waals surface area contributed by atoms with Gasteiger partial charge in [-0.1, -0.05) is 0 Å². The minimum absolute atomic E-state index is 0.0296. The molecule has 0 spiro atoms. The summed E-state index contributed by atoms with van der Waals surface area (Å²) in [7, 11) is 0. The van der Waals surface area contributed by atoms with Crippen molar-refractivity contribution in [2.24, 2.45) is 5.41 Å². The first kappa shape index (κ1) is 15.2. The Morgan fingerprint density at radius 1 is 1.43 bits per heavy atom. The summed E-state index contributed by atoms with van der Waals surface area (Å²) in [6, 6.07) is 1.17. The van der Waals surface area contributed by atoms with Crippen molar-refractivity contribution >= 4 is 17.7 Å². The number of carbonyl (C=O) groups is 2. The van der Waals surface area contributed by atoms with Crippen LogP contribution in [0.15, 0.2) is 18.2 Å². The maximum absolute atomic E-state index is 13.4. The second-order valence-corrected chi connectivity index (χ2v) is 5.01. The van der Waals surface area contributed by atoms with Gasteiger partial charge in [0.25, 0.3) is 0 Å². The lowest BCUT2D eigenvalue weighted by molar-refractivity contribution is -0.148. The molecule has 1 aromatic rings. The molecule has 2 rings (SSSR count). The van der Waals surface area contributed by atoms with Crippen molar-refractivity contribution in [2.45, 2.75) is 13.0 Å². The highest BCUT2D eigenvalue weighted by molar-refractivity contribution is 5.90. The van der Waals surface area contributed by atoms with Crippen molar-refractivity contribution in [3.63, 3.8) is 0 Å². The van der Waals surface area contributed by atoms with Gasteiger partial charge in [-0.15, -0.1) is 0 Å². The smallest absolute Gasteiger partial charge is 0.319 e. The van der Waals surface area contributed by atoms with Gasteiger partial charge in [0.05, 0.1) is 24.9 Å². The zero-order valence-corrected chi connectivity index (χ0v) is 11.2. The Bertz CT molecular complexity index is 581. The quantitative estimate of drug-likeness (QED) is 0.791. The van der Waals surface area contributed by atoms with Crippen LogP contribution in [-0.4, -0.2) is 36.4 Å². The number of hydrogen-bond donors (Lipinski definition) is 3. The Kier molecular flexibility index (Phi) is 4.08. The van der Waals surface area contributed by atoms with E-state index in [9.17, 15) is 18.4 Å². The predicted octanol–water partition coefficient (Wildman–Crippen LogP) is 1.58. The molecule has 0 radical (unpaired) electrons. The van der Waals surface area contributed by atoms with Gasteiger partial charge >= 0.3 is 12.0 Å². The maximum atomic E-state index is 13.4. The van der Waals surface area contributed by atoms with Crippen LogP contribution in [-0.2, 0) is 9.53 Å². The van der Waals surface area contributed by atoms with Gasteiger partial charge in [0.1, 0.15) is 17.0 Å². The van der Waals surface area contributed by atoms with E-state index in [1.807, 2.05) is 0 Å². The SMILES string of the molecule is CC1(C(=O)O)COCC1NC(=O)Nc1ccc(F)cc1F. The number of amides is 2. The van der Waals surface area contributed by atoms with Gasteiger partial charge in [0, 0.05) is 6.07 Å². The van der Waals surface area contributed by atoms with E-state index in [1.54, 1.807) is 0 Å². The molecule has 1 aromatic carbocycles. The lowest BCUT2D eigenvalue weighted by atomic mass is 9.85. The highest BCUT2D eigenvalue weighted by Gasteiger charge is 2.47. The normalized spacial score (nSPS) is 24.6. The molecule has 0 aromatic heterocycles. The molecule has 1 saturated heterocycles. The highest BCUT2D eigenvalue weighted by atomic mass is 19.1. The van der Waals surface area contributed by atoms with Crippen molar-refractivity contribution < 1.29 is 28.2 Å². The molecule has 2 atom stereocenters. The van der Waals surface area contributed by atoms with Crippen LogP contribution in [0, 0.1) is 17.0 Å². The Morgan fingerprint density at radius 2 is 2.14 bits per heavy atom. The van der Waals surface area contributed by atoms with Crippen LogP contribution >= 0.6 is 0 Å². The van der Waals surface area contributed by atoms with Crippen LogP contribution in [0.5, 0.6) is 0 Å². The number of anilines is 1. The number of urea groups is 1. The monoisotopic (exact) mass is 300 g/mol. The molecule has 1 aliphatic heterocycles. The first-order valence-electron chi connectivity index (χ1n) is 6.16. The van der Waals surface area contributed by atoms with Crippen LogP contribution < -0.4 is 10.6 Å². The minimum Gasteiger partial charge on any atom is -0.481 e. The van der Waals surface area contributed by atoms with E-state index in [0.29, 0.717) is 6.07 Å². The maximum Gasteiger partial charge on any atom is 0.319 e. The molecule has 1 aliphatic rings. The van der Waals surface area contributed by atoms with E-state index in [0.717, 1.165) is 12.1 Å². The standard InChI is InChI=1S/C13H14F2N2O4/c1-13(11(18)19)6-21-5-10(13)17-12(20)16-9-3-2-7(14)4-8(9)15/h2-4,10H,5-6H2,1H3,(H,18,19)(H2,16,17,20). The molecule has 1 heterocycles. The average Bonchev–Trinajstić information content (AvgIpc) is 2.76. The second kappa shape index (κ2) is 5.65. The molecule has 2 unspecified atom stereocenters. The van der Waals surface area contributed by atoms with E-state index >= 15 is 0 Å². The fourth-order valence-electron chi connectivity index (χ4n) is 1.99. The number of halogens is 2. The zero-order valence-electron chi connectivity index (χ0n) is 11.2. The predicted molar refractivity (Wildman–Crippen MR) is 68.9 cm³/mol. The number of nitrogens with one attached hydrogen (secondary N) is 2. The van der Waals surface area contributed by atoms with Crippen LogP contribution in [0.4, 0.5) is 19.3 Å². The van der Waals surface area contributed by atoms with Crippen molar-refractivity contribution in [2.75, 3.05) is 18.5 Å². The number of ether oxygens (including phenoxy) is 1. The summed E-state index contributed by atoms with van der Waals surface area (Å²) in [6.07, 6.45) is 0. The Balaban J connectivity index is 2.03. The first-order valence-corrected chi connectivity index (χ1v) is 6.16. The van der Waals surface area contributed by atoms with Crippen molar-refractivity contribution in [3.05, 3.63) is 29.8 Å². The Hall–Kier alpha value is -2.22. The second-order valence-electron chi connectivity index (χ2n) is 5.01. The van der Waals surface area contributed by atoms with Gasteiger partial charge in [-0.05, 0) is 19.1 Å². The number of carboxylic acid groups (broad SMARTS) is 1. The number of hydrogen-bond acceptors (Lipinski definition) is 3. The third-order valence-corrected chi connectivity index (χ3v) is 3.43. The molecule has 2 amide bonds.